The summed E-state index contributed by atoms with van der Waals surface area (Å²) in [7, 11) is 3.91. The molecule has 12 heteroatoms. The topological polar surface area (TPSA) is 154 Å². The quantitative estimate of drug-likeness (QED) is 0.300. The molecule has 0 fully saturated rings. The molecule has 1 rings (SSSR count). The van der Waals surface area contributed by atoms with Crippen molar-refractivity contribution in [2.45, 2.75) is 6.10 Å². The monoisotopic (exact) mass is 320 g/mol. The van der Waals surface area contributed by atoms with Crippen molar-refractivity contribution in [1.82, 2.24) is 15.0 Å². The van der Waals surface area contributed by atoms with Gasteiger partial charge in [0.15, 0.2) is 0 Å². The number of hydrogen-bond donors (Lipinski definition) is 5. The predicted molar refractivity (Wildman–Crippen MR) is 74.6 cm³/mol. The van der Waals surface area contributed by atoms with Crippen LogP contribution in [-0.4, -0.2) is 77.9 Å². The average Bonchev–Trinajstić information content (AvgIpc) is 2.53. The van der Waals surface area contributed by atoms with E-state index in [4.69, 9.17) is 24.4 Å². The van der Waals surface area contributed by atoms with Crippen LogP contribution in [-0.2, 0) is 14.2 Å². The normalized spacial score (nSPS) is 11.4. The van der Waals surface area contributed by atoms with Crippen molar-refractivity contribution in [2.24, 2.45) is 0 Å². The fraction of sp³-hybridized carbons (Fsp3) is 0.700. The van der Waals surface area contributed by atoms with Gasteiger partial charge in [-0.05, 0) is 0 Å². The average molecular weight is 320 g/mol. The highest BCUT2D eigenvalue weighted by Gasteiger charge is 2.40. The van der Waals surface area contributed by atoms with Crippen LogP contribution in [0.3, 0.4) is 0 Å². The number of hydrogen-bond acceptors (Lipinski definition) is 12. The summed E-state index contributed by atoms with van der Waals surface area (Å²) in [5.41, 5.74) is 0. The zero-order chi connectivity index (χ0) is 16.6. The summed E-state index contributed by atoms with van der Waals surface area (Å²) in [5, 5.41) is 32.4. The second-order valence-corrected chi connectivity index (χ2v) is 3.66. The molecule has 0 atom stereocenters. The predicted octanol–water partition coefficient (Wildman–Crippen LogP) is -2.10. The van der Waals surface area contributed by atoms with Gasteiger partial charge in [0.25, 0.3) is 0 Å². The van der Waals surface area contributed by atoms with Crippen molar-refractivity contribution in [2.75, 3.05) is 57.1 Å². The van der Waals surface area contributed by atoms with Crippen LogP contribution in [0.2, 0.25) is 0 Å². The second-order valence-electron chi connectivity index (χ2n) is 3.66. The fourth-order valence-electron chi connectivity index (χ4n) is 1.64. The van der Waals surface area contributed by atoms with Crippen LogP contribution in [0, 0.1) is 0 Å². The van der Waals surface area contributed by atoms with E-state index in [1.807, 2.05) is 0 Å². The van der Waals surface area contributed by atoms with E-state index in [0.29, 0.717) is 0 Å². The molecular formula is C10H20N6O6. The highest BCUT2D eigenvalue weighted by molar-refractivity contribution is 5.43. The van der Waals surface area contributed by atoms with Gasteiger partial charge < -0.3 is 40.2 Å². The Bertz CT molecular complexity index is 427. The zero-order valence-electron chi connectivity index (χ0n) is 12.5. The van der Waals surface area contributed by atoms with E-state index >= 15 is 0 Å². The van der Waals surface area contributed by atoms with Crippen molar-refractivity contribution < 1.29 is 29.5 Å². The molecule has 0 saturated heterocycles. The van der Waals surface area contributed by atoms with Crippen LogP contribution in [0.4, 0.5) is 17.8 Å². The lowest BCUT2D eigenvalue weighted by Crippen LogP contribution is -2.55. The van der Waals surface area contributed by atoms with Gasteiger partial charge in [-0.15, -0.1) is 0 Å². The molecule has 0 amide bonds. The van der Waals surface area contributed by atoms with Crippen molar-refractivity contribution >= 4 is 17.8 Å². The smallest absolute Gasteiger partial charge is 0.376 e. The molecule has 0 spiro atoms. The van der Waals surface area contributed by atoms with Crippen LogP contribution >= 0.6 is 0 Å². The van der Waals surface area contributed by atoms with E-state index in [1.54, 1.807) is 0 Å². The van der Waals surface area contributed by atoms with E-state index in [-0.39, 0.29) is 17.8 Å². The van der Waals surface area contributed by atoms with Crippen LogP contribution < -0.4 is 15.5 Å². The summed E-state index contributed by atoms with van der Waals surface area (Å²) >= 11 is 0. The Morgan fingerprint density at radius 2 is 1.36 bits per heavy atom. The maximum atomic E-state index is 9.60. The first-order valence-electron chi connectivity index (χ1n) is 6.10. The maximum Gasteiger partial charge on any atom is 0.380 e. The van der Waals surface area contributed by atoms with Gasteiger partial charge in [-0.1, -0.05) is 0 Å². The SMILES string of the molecule is COC(OC)(OC)N(CO)c1nc(NCO)nc(NCO)n1. The molecule has 0 bridgehead atoms. The van der Waals surface area contributed by atoms with Crippen molar-refractivity contribution in [3.8, 4) is 0 Å². The Balaban J connectivity index is 3.29. The molecule has 1 aromatic rings. The number of nitrogens with zero attached hydrogens (tertiary/aromatic N) is 4. The highest BCUT2D eigenvalue weighted by Crippen LogP contribution is 2.24. The van der Waals surface area contributed by atoms with Gasteiger partial charge in [-0.25, -0.2) is 4.90 Å². The van der Waals surface area contributed by atoms with E-state index in [1.165, 1.54) is 21.3 Å². The van der Waals surface area contributed by atoms with Crippen molar-refractivity contribution in [3.05, 3.63) is 0 Å². The molecular weight excluding hydrogens is 300 g/mol. The molecule has 0 aliphatic carbocycles. The Labute approximate surface area is 126 Å². The summed E-state index contributed by atoms with van der Waals surface area (Å²) < 4.78 is 15.4. The molecule has 12 nitrogen and oxygen atoms in total. The van der Waals surface area contributed by atoms with E-state index in [0.717, 1.165) is 4.90 Å². The Morgan fingerprint density at radius 1 is 0.909 bits per heavy atom. The zero-order valence-corrected chi connectivity index (χ0v) is 12.5. The summed E-state index contributed by atoms with van der Waals surface area (Å²) in [6, 6.07) is 0. The second kappa shape index (κ2) is 8.57. The molecule has 22 heavy (non-hydrogen) atoms. The highest BCUT2D eigenvalue weighted by atomic mass is 16.9. The van der Waals surface area contributed by atoms with Gasteiger partial charge in [0.05, 0.1) is 0 Å². The van der Waals surface area contributed by atoms with Crippen LogP contribution in [0.1, 0.15) is 0 Å². The fourth-order valence-corrected chi connectivity index (χ4v) is 1.64. The van der Waals surface area contributed by atoms with Crippen LogP contribution in [0.5, 0.6) is 0 Å². The number of aromatic nitrogens is 3. The van der Waals surface area contributed by atoms with Gasteiger partial charge in [-0.2, -0.15) is 15.0 Å². The van der Waals surface area contributed by atoms with E-state index in [2.05, 4.69) is 25.6 Å². The van der Waals surface area contributed by atoms with Gasteiger partial charge in [0.2, 0.25) is 17.8 Å². The van der Waals surface area contributed by atoms with Gasteiger partial charge in [0, 0.05) is 21.3 Å². The number of aliphatic hydroxyl groups excluding tert-OH is 3. The number of anilines is 3. The Hall–Kier alpha value is -1.83. The molecule has 1 heterocycles. The number of nitrogens with one attached hydrogen (secondary N) is 2. The minimum atomic E-state index is -1.77. The number of aliphatic hydroxyl groups is 3. The van der Waals surface area contributed by atoms with Crippen LogP contribution in [0.25, 0.3) is 0 Å². The van der Waals surface area contributed by atoms with Gasteiger partial charge in [-0.3, -0.25) is 0 Å². The number of rotatable bonds is 10. The molecule has 0 aromatic carbocycles. The molecule has 0 radical (unpaired) electrons. The molecule has 0 saturated carbocycles. The third kappa shape index (κ3) is 3.88. The third-order valence-electron chi connectivity index (χ3n) is 2.59. The standard InChI is InChI=1S/C10H20N6O6/c1-20-10(21-2,22-3)16(6-19)9-14-7(11-4-17)13-8(15-9)12-5-18/h17-19H,4-6H2,1-3H3,(H2,11,12,13,14,15). The summed E-state index contributed by atoms with van der Waals surface area (Å²) in [5.74, 6) is -0.0897. The Kier molecular flexibility index (Phi) is 7.10. The van der Waals surface area contributed by atoms with Crippen molar-refractivity contribution in [1.29, 1.82) is 0 Å². The largest absolute Gasteiger partial charge is 0.380 e. The molecule has 0 aliphatic heterocycles. The number of methoxy groups -OCH3 is 3. The first kappa shape index (κ1) is 18.2. The lowest BCUT2D eigenvalue weighted by Gasteiger charge is -2.37. The Morgan fingerprint density at radius 3 is 1.68 bits per heavy atom. The maximum absolute atomic E-state index is 9.60. The van der Waals surface area contributed by atoms with Gasteiger partial charge >= 0.3 is 6.10 Å². The van der Waals surface area contributed by atoms with Gasteiger partial charge in [0.1, 0.15) is 20.2 Å². The first-order chi connectivity index (χ1) is 10.6. The third-order valence-corrected chi connectivity index (χ3v) is 2.59. The lowest BCUT2D eigenvalue weighted by atomic mass is 10.6. The first-order valence-corrected chi connectivity index (χ1v) is 6.10. The molecule has 5 N–H and O–H groups in total. The molecule has 0 aliphatic rings. The molecule has 0 unspecified atom stereocenters. The van der Waals surface area contributed by atoms with E-state index < -0.39 is 26.3 Å². The van der Waals surface area contributed by atoms with E-state index in [9.17, 15) is 5.11 Å². The molecule has 1 aromatic heterocycles. The minimum absolute atomic E-state index is 0.000825. The lowest BCUT2D eigenvalue weighted by molar-refractivity contribution is -0.354. The minimum Gasteiger partial charge on any atom is -0.376 e. The number of ether oxygens (including phenoxy) is 3. The summed E-state index contributed by atoms with van der Waals surface area (Å²) in [6.45, 7) is -1.47. The summed E-state index contributed by atoms with van der Waals surface area (Å²) in [6.07, 6.45) is -1.77. The molecule has 126 valence electrons. The summed E-state index contributed by atoms with van der Waals surface area (Å²) in [4.78, 5) is 12.9. The van der Waals surface area contributed by atoms with Crippen LogP contribution in [0.15, 0.2) is 0 Å². The van der Waals surface area contributed by atoms with Crippen molar-refractivity contribution in [3.63, 3.8) is 0 Å².